The zero-order valence-electron chi connectivity index (χ0n) is 12.9. The Balaban J connectivity index is 1.71. The summed E-state index contributed by atoms with van der Waals surface area (Å²) in [5, 5.41) is 9.12. The molecule has 0 aliphatic carbocycles. The van der Waals surface area contributed by atoms with E-state index in [-0.39, 0.29) is 24.4 Å². The molecule has 0 saturated carbocycles. The molecule has 0 radical (unpaired) electrons. The Labute approximate surface area is 133 Å². The molecular weight excluding hydrogens is 299 g/mol. The van der Waals surface area contributed by atoms with Gasteiger partial charge in [0.1, 0.15) is 5.82 Å². The van der Waals surface area contributed by atoms with Crippen molar-refractivity contribution in [2.24, 2.45) is 0 Å². The number of aromatic nitrogens is 2. The van der Waals surface area contributed by atoms with Crippen molar-refractivity contribution in [1.82, 2.24) is 20.4 Å². The second kappa shape index (κ2) is 8.07. The monoisotopic (exact) mass is 318 g/mol. The Morgan fingerprint density at radius 1 is 1.35 bits per heavy atom. The molecule has 7 heteroatoms. The first kappa shape index (κ1) is 16.7. The third kappa shape index (κ3) is 4.91. The molecule has 0 unspecified atom stereocenters. The quantitative estimate of drug-likeness (QED) is 0.809. The molecule has 2 aromatic rings. The molecular formula is C16H19FN4O2. The fourth-order valence-electron chi connectivity index (χ4n) is 2.05. The summed E-state index contributed by atoms with van der Waals surface area (Å²) >= 11 is 0. The van der Waals surface area contributed by atoms with Crippen LogP contribution in [0.4, 0.5) is 4.39 Å². The van der Waals surface area contributed by atoms with E-state index in [4.69, 9.17) is 0 Å². The van der Waals surface area contributed by atoms with Crippen LogP contribution in [0.25, 0.3) is 0 Å². The van der Waals surface area contributed by atoms with Gasteiger partial charge in [-0.2, -0.15) is 5.10 Å². The Bertz CT molecular complexity index is 658. The van der Waals surface area contributed by atoms with Gasteiger partial charge in [0, 0.05) is 32.8 Å². The Morgan fingerprint density at radius 2 is 2.13 bits per heavy atom. The van der Waals surface area contributed by atoms with Crippen LogP contribution in [-0.4, -0.2) is 47.0 Å². The Morgan fingerprint density at radius 3 is 2.83 bits per heavy atom. The number of aromatic amines is 1. The highest BCUT2D eigenvalue weighted by Gasteiger charge is 2.12. The topological polar surface area (TPSA) is 78.1 Å². The number of H-pyrrole nitrogens is 1. The van der Waals surface area contributed by atoms with E-state index in [2.05, 4.69) is 15.5 Å². The minimum atomic E-state index is -0.575. The van der Waals surface area contributed by atoms with Crippen LogP contribution in [0.3, 0.4) is 0 Å². The second-order valence-electron chi connectivity index (χ2n) is 5.16. The van der Waals surface area contributed by atoms with E-state index in [9.17, 15) is 14.0 Å². The molecule has 2 amide bonds. The van der Waals surface area contributed by atoms with Gasteiger partial charge in [0.25, 0.3) is 5.91 Å². The number of benzene rings is 1. The molecule has 0 bridgehead atoms. The Kier molecular flexibility index (Phi) is 5.85. The smallest absolute Gasteiger partial charge is 0.254 e. The fourth-order valence-corrected chi connectivity index (χ4v) is 2.05. The third-order valence-electron chi connectivity index (χ3n) is 3.46. The number of carbonyl (C=O) groups is 2. The standard InChI is InChI=1S/C16H19FN4O2/c1-21(9-7-12-10-19-20-11-12)15(22)6-8-18-16(23)13-4-2-3-5-14(13)17/h2-5,10-11H,6-9H2,1H3,(H,18,23)(H,19,20). The normalized spacial score (nSPS) is 10.3. The molecule has 0 fully saturated rings. The molecule has 2 rings (SSSR count). The van der Waals surface area contributed by atoms with Crippen LogP contribution in [0.1, 0.15) is 22.3 Å². The number of halogens is 1. The summed E-state index contributed by atoms with van der Waals surface area (Å²) in [5.41, 5.74) is 1.01. The zero-order chi connectivity index (χ0) is 16.7. The maximum atomic E-state index is 13.4. The highest BCUT2D eigenvalue weighted by atomic mass is 19.1. The minimum Gasteiger partial charge on any atom is -0.351 e. The summed E-state index contributed by atoms with van der Waals surface area (Å²) in [6, 6.07) is 5.74. The zero-order valence-corrected chi connectivity index (χ0v) is 12.9. The van der Waals surface area contributed by atoms with E-state index in [1.54, 1.807) is 30.4 Å². The van der Waals surface area contributed by atoms with E-state index in [1.165, 1.54) is 18.2 Å². The van der Waals surface area contributed by atoms with Crippen LogP contribution in [0, 0.1) is 5.82 Å². The van der Waals surface area contributed by atoms with Gasteiger partial charge in [-0.3, -0.25) is 14.7 Å². The highest BCUT2D eigenvalue weighted by Crippen LogP contribution is 2.05. The minimum absolute atomic E-state index is 0.0201. The number of hydrogen-bond acceptors (Lipinski definition) is 3. The second-order valence-corrected chi connectivity index (χ2v) is 5.16. The summed E-state index contributed by atoms with van der Waals surface area (Å²) in [4.78, 5) is 25.4. The first-order chi connectivity index (χ1) is 11.1. The van der Waals surface area contributed by atoms with E-state index in [0.29, 0.717) is 13.0 Å². The van der Waals surface area contributed by atoms with Gasteiger partial charge < -0.3 is 10.2 Å². The predicted octanol–water partition coefficient (Wildman–Crippen LogP) is 1.37. The molecule has 2 N–H and O–H groups in total. The van der Waals surface area contributed by atoms with Crippen molar-refractivity contribution in [1.29, 1.82) is 0 Å². The average Bonchev–Trinajstić information content (AvgIpc) is 3.06. The molecule has 1 heterocycles. The highest BCUT2D eigenvalue weighted by molar-refractivity contribution is 5.94. The first-order valence-corrected chi connectivity index (χ1v) is 7.32. The number of hydrogen-bond donors (Lipinski definition) is 2. The van der Waals surface area contributed by atoms with Crippen molar-refractivity contribution in [3.8, 4) is 0 Å². The summed E-state index contributed by atoms with van der Waals surface area (Å²) < 4.78 is 13.4. The van der Waals surface area contributed by atoms with Gasteiger partial charge in [0.05, 0.1) is 11.8 Å². The largest absolute Gasteiger partial charge is 0.351 e. The number of carbonyl (C=O) groups excluding carboxylic acids is 2. The van der Waals surface area contributed by atoms with Gasteiger partial charge in [-0.05, 0) is 24.1 Å². The molecule has 23 heavy (non-hydrogen) atoms. The first-order valence-electron chi connectivity index (χ1n) is 7.32. The van der Waals surface area contributed by atoms with Gasteiger partial charge >= 0.3 is 0 Å². The molecule has 0 aliphatic rings. The van der Waals surface area contributed by atoms with Crippen molar-refractivity contribution in [3.05, 3.63) is 53.6 Å². The number of likely N-dealkylation sites (N-methyl/N-ethyl adjacent to an activating group) is 1. The van der Waals surface area contributed by atoms with Gasteiger partial charge in [0.15, 0.2) is 0 Å². The molecule has 6 nitrogen and oxygen atoms in total. The molecule has 0 aliphatic heterocycles. The molecule has 1 aromatic carbocycles. The van der Waals surface area contributed by atoms with E-state index < -0.39 is 11.7 Å². The van der Waals surface area contributed by atoms with Gasteiger partial charge in [-0.25, -0.2) is 4.39 Å². The lowest BCUT2D eigenvalue weighted by Crippen LogP contribution is -2.33. The molecule has 0 saturated heterocycles. The van der Waals surface area contributed by atoms with Crippen molar-refractivity contribution in [2.45, 2.75) is 12.8 Å². The van der Waals surface area contributed by atoms with Crippen LogP contribution in [0.5, 0.6) is 0 Å². The summed E-state index contributed by atoms with van der Waals surface area (Å²) in [6.45, 7) is 0.738. The molecule has 0 atom stereocenters. The van der Waals surface area contributed by atoms with Crippen LogP contribution < -0.4 is 5.32 Å². The van der Waals surface area contributed by atoms with E-state index >= 15 is 0 Å². The van der Waals surface area contributed by atoms with E-state index in [1.807, 2.05) is 0 Å². The summed E-state index contributed by atoms with van der Waals surface area (Å²) in [7, 11) is 1.71. The summed E-state index contributed by atoms with van der Waals surface area (Å²) in [5.74, 6) is -1.17. The molecule has 122 valence electrons. The van der Waals surface area contributed by atoms with Gasteiger partial charge in [-0.1, -0.05) is 12.1 Å². The number of nitrogens with one attached hydrogen (secondary N) is 2. The van der Waals surface area contributed by atoms with Crippen LogP contribution in [0.15, 0.2) is 36.7 Å². The number of rotatable bonds is 7. The van der Waals surface area contributed by atoms with Crippen LogP contribution >= 0.6 is 0 Å². The van der Waals surface area contributed by atoms with Gasteiger partial charge in [-0.15, -0.1) is 0 Å². The van der Waals surface area contributed by atoms with Gasteiger partial charge in [0.2, 0.25) is 5.91 Å². The van der Waals surface area contributed by atoms with Crippen molar-refractivity contribution in [3.63, 3.8) is 0 Å². The van der Waals surface area contributed by atoms with Crippen LogP contribution in [0.2, 0.25) is 0 Å². The van der Waals surface area contributed by atoms with Crippen molar-refractivity contribution >= 4 is 11.8 Å². The van der Waals surface area contributed by atoms with Crippen molar-refractivity contribution < 1.29 is 14.0 Å². The maximum absolute atomic E-state index is 13.4. The molecule has 1 aromatic heterocycles. The number of amides is 2. The third-order valence-corrected chi connectivity index (χ3v) is 3.46. The predicted molar refractivity (Wildman–Crippen MR) is 83.3 cm³/mol. The lowest BCUT2D eigenvalue weighted by Gasteiger charge is -2.16. The summed E-state index contributed by atoms with van der Waals surface area (Å²) in [6.07, 6.45) is 4.38. The lowest BCUT2D eigenvalue weighted by atomic mass is 10.2. The lowest BCUT2D eigenvalue weighted by molar-refractivity contribution is -0.129. The maximum Gasteiger partial charge on any atom is 0.254 e. The van der Waals surface area contributed by atoms with E-state index in [0.717, 1.165) is 5.56 Å². The van der Waals surface area contributed by atoms with Crippen LogP contribution in [-0.2, 0) is 11.2 Å². The molecule has 0 spiro atoms. The Hall–Kier alpha value is -2.70. The average molecular weight is 318 g/mol. The van der Waals surface area contributed by atoms with Crippen molar-refractivity contribution in [2.75, 3.05) is 20.1 Å². The number of nitrogens with zero attached hydrogens (tertiary/aromatic N) is 2. The SMILES string of the molecule is CN(CCc1cn[nH]c1)C(=O)CCNC(=O)c1ccccc1F. The fraction of sp³-hybridized carbons (Fsp3) is 0.312.